The van der Waals surface area contributed by atoms with Gasteiger partial charge in [-0.25, -0.2) is 0 Å². The SMILES string of the molecule is Cc1ccsc1C(=O)N1CCc2oc(N)nc2C1. The summed E-state index contributed by atoms with van der Waals surface area (Å²) in [6, 6.07) is 2.14. The highest BCUT2D eigenvalue weighted by Crippen LogP contribution is 2.24. The lowest BCUT2D eigenvalue weighted by molar-refractivity contribution is 0.0732. The van der Waals surface area contributed by atoms with Crippen molar-refractivity contribution in [2.45, 2.75) is 19.9 Å². The molecule has 0 aliphatic carbocycles. The van der Waals surface area contributed by atoms with E-state index in [0.29, 0.717) is 19.5 Å². The molecule has 0 unspecified atom stereocenters. The molecule has 1 aliphatic heterocycles. The molecule has 0 atom stereocenters. The first-order chi connectivity index (χ1) is 8.65. The van der Waals surface area contributed by atoms with Crippen LogP contribution in [-0.2, 0) is 13.0 Å². The maximum atomic E-state index is 12.3. The Morgan fingerprint density at radius 2 is 2.44 bits per heavy atom. The van der Waals surface area contributed by atoms with Gasteiger partial charge in [-0.1, -0.05) is 0 Å². The quantitative estimate of drug-likeness (QED) is 0.852. The maximum Gasteiger partial charge on any atom is 0.292 e. The first-order valence-corrected chi connectivity index (χ1v) is 6.60. The number of hydrogen-bond donors (Lipinski definition) is 1. The monoisotopic (exact) mass is 263 g/mol. The van der Waals surface area contributed by atoms with Crippen LogP contribution in [0.1, 0.15) is 26.7 Å². The van der Waals surface area contributed by atoms with E-state index in [9.17, 15) is 4.79 Å². The minimum absolute atomic E-state index is 0.0646. The second-order valence-corrected chi connectivity index (χ2v) is 5.25. The number of nitrogens with two attached hydrogens (primary N) is 1. The minimum Gasteiger partial charge on any atom is -0.428 e. The van der Waals surface area contributed by atoms with Gasteiger partial charge in [0.2, 0.25) is 0 Å². The number of aromatic nitrogens is 1. The number of rotatable bonds is 1. The molecule has 2 aromatic heterocycles. The van der Waals surface area contributed by atoms with Gasteiger partial charge in [-0.2, -0.15) is 4.98 Å². The number of carbonyl (C=O) groups excluding carboxylic acids is 1. The average molecular weight is 263 g/mol. The predicted octanol–water partition coefficient (Wildman–Crippen LogP) is 1.83. The van der Waals surface area contributed by atoms with Crippen molar-refractivity contribution in [2.24, 2.45) is 0 Å². The number of fused-ring (bicyclic) bond motifs is 1. The molecule has 0 bridgehead atoms. The molecule has 5 nitrogen and oxygen atoms in total. The number of carbonyl (C=O) groups is 1. The Labute approximate surface area is 108 Å². The summed E-state index contributed by atoms with van der Waals surface area (Å²) in [5.41, 5.74) is 7.32. The van der Waals surface area contributed by atoms with Gasteiger partial charge < -0.3 is 15.1 Å². The zero-order chi connectivity index (χ0) is 12.7. The molecule has 0 radical (unpaired) electrons. The highest BCUT2D eigenvalue weighted by atomic mass is 32.1. The van der Waals surface area contributed by atoms with Crippen LogP contribution in [0.5, 0.6) is 0 Å². The molecule has 0 spiro atoms. The molecule has 2 N–H and O–H groups in total. The van der Waals surface area contributed by atoms with Crippen LogP contribution < -0.4 is 5.73 Å². The molecule has 1 amide bonds. The number of nitrogen functional groups attached to an aromatic ring is 1. The fraction of sp³-hybridized carbons (Fsp3) is 0.333. The second kappa shape index (κ2) is 4.13. The predicted molar refractivity (Wildman–Crippen MR) is 68.4 cm³/mol. The van der Waals surface area contributed by atoms with Crippen molar-refractivity contribution in [1.82, 2.24) is 9.88 Å². The van der Waals surface area contributed by atoms with Crippen LogP contribution in [0.4, 0.5) is 6.01 Å². The zero-order valence-corrected chi connectivity index (χ0v) is 10.8. The van der Waals surface area contributed by atoms with Crippen LogP contribution in [0, 0.1) is 6.92 Å². The normalized spacial score (nSPS) is 14.6. The first-order valence-electron chi connectivity index (χ1n) is 5.72. The van der Waals surface area contributed by atoms with Gasteiger partial charge in [0.25, 0.3) is 11.9 Å². The highest BCUT2D eigenvalue weighted by molar-refractivity contribution is 7.12. The van der Waals surface area contributed by atoms with Crippen LogP contribution in [-0.4, -0.2) is 22.3 Å². The third-order valence-electron chi connectivity index (χ3n) is 3.09. The summed E-state index contributed by atoms with van der Waals surface area (Å²) in [7, 11) is 0. The molecule has 0 fully saturated rings. The lowest BCUT2D eigenvalue weighted by atomic mass is 10.1. The molecule has 3 heterocycles. The van der Waals surface area contributed by atoms with Crippen molar-refractivity contribution in [3.05, 3.63) is 33.3 Å². The Hall–Kier alpha value is -1.82. The molecule has 94 valence electrons. The van der Waals surface area contributed by atoms with E-state index in [2.05, 4.69) is 4.98 Å². The summed E-state index contributed by atoms with van der Waals surface area (Å²) in [4.78, 5) is 19.0. The van der Waals surface area contributed by atoms with E-state index >= 15 is 0 Å². The molecule has 18 heavy (non-hydrogen) atoms. The lowest BCUT2D eigenvalue weighted by Crippen LogP contribution is -2.35. The Bertz CT molecular complexity index is 602. The molecule has 0 saturated heterocycles. The number of nitrogens with zero attached hydrogens (tertiary/aromatic N) is 2. The Morgan fingerprint density at radius 1 is 1.61 bits per heavy atom. The summed E-state index contributed by atoms with van der Waals surface area (Å²) in [6.07, 6.45) is 0.676. The fourth-order valence-corrected chi connectivity index (χ4v) is 3.02. The largest absolute Gasteiger partial charge is 0.428 e. The van der Waals surface area contributed by atoms with Crippen molar-refractivity contribution < 1.29 is 9.21 Å². The van der Waals surface area contributed by atoms with Crippen LogP contribution in [0.15, 0.2) is 15.9 Å². The van der Waals surface area contributed by atoms with Gasteiger partial charge in [-0.3, -0.25) is 4.79 Å². The smallest absolute Gasteiger partial charge is 0.292 e. The molecule has 6 heteroatoms. The van der Waals surface area contributed by atoms with Crippen molar-refractivity contribution in [3.8, 4) is 0 Å². The fourth-order valence-electron chi connectivity index (χ4n) is 2.13. The summed E-state index contributed by atoms with van der Waals surface area (Å²) < 4.78 is 5.28. The molecule has 0 aromatic carbocycles. The zero-order valence-electron chi connectivity index (χ0n) is 9.97. The number of thiophene rings is 1. The molecule has 3 rings (SSSR count). The number of amides is 1. The molecular formula is C12H13N3O2S. The van der Waals surface area contributed by atoms with Crippen molar-refractivity contribution >= 4 is 23.3 Å². The molecule has 2 aromatic rings. The van der Waals surface area contributed by atoms with E-state index in [0.717, 1.165) is 21.9 Å². The number of oxazole rings is 1. The summed E-state index contributed by atoms with van der Waals surface area (Å²) in [5.74, 6) is 0.870. The van der Waals surface area contributed by atoms with Gasteiger partial charge in [0.1, 0.15) is 11.5 Å². The Morgan fingerprint density at radius 3 is 3.17 bits per heavy atom. The lowest BCUT2D eigenvalue weighted by Gasteiger charge is -2.25. The van der Waals surface area contributed by atoms with E-state index in [1.165, 1.54) is 11.3 Å². The Balaban J connectivity index is 1.84. The second-order valence-electron chi connectivity index (χ2n) is 4.33. The van der Waals surface area contributed by atoms with Crippen LogP contribution in [0.3, 0.4) is 0 Å². The van der Waals surface area contributed by atoms with Gasteiger partial charge in [-0.05, 0) is 23.9 Å². The summed E-state index contributed by atoms with van der Waals surface area (Å²) in [5, 5.41) is 1.94. The van der Waals surface area contributed by atoms with E-state index in [4.69, 9.17) is 10.2 Å². The molecule has 1 aliphatic rings. The standard InChI is InChI=1S/C12H13N3O2S/c1-7-3-5-18-10(7)11(16)15-4-2-9-8(6-15)14-12(13)17-9/h3,5H,2,4,6H2,1H3,(H2,13,14). The minimum atomic E-state index is 0.0646. The van der Waals surface area contributed by atoms with Gasteiger partial charge in [0.15, 0.2) is 0 Å². The van der Waals surface area contributed by atoms with Crippen LogP contribution in [0.2, 0.25) is 0 Å². The summed E-state index contributed by atoms with van der Waals surface area (Å²) >= 11 is 1.48. The van der Waals surface area contributed by atoms with Gasteiger partial charge in [-0.15, -0.1) is 11.3 Å². The van der Waals surface area contributed by atoms with Gasteiger partial charge in [0, 0.05) is 13.0 Å². The average Bonchev–Trinajstić information content (AvgIpc) is 2.91. The maximum absolute atomic E-state index is 12.3. The van der Waals surface area contributed by atoms with Crippen molar-refractivity contribution in [3.63, 3.8) is 0 Å². The highest BCUT2D eigenvalue weighted by Gasteiger charge is 2.26. The van der Waals surface area contributed by atoms with E-state index in [1.54, 1.807) is 4.90 Å². The van der Waals surface area contributed by atoms with Crippen LogP contribution >= 0.6 is 11.3 Å². The third kappa shape index (κ3) is 1.78. The van der Waals surface area contributed by atoms with Gasteiger partial charge in [0.05, 0.1) is 11.4 Å². The van der Waals surface area contributed by atoms with E-state index in [1.807, 2.05) is 18.4 Å². The van der Waals surface area contributed by atoms with E-state index < -0.39 is 0 Å². The number of anilines is 1. The Kier molecular flexibility index (Phi) is 2.59. The molecular weight excluding hydrogens is 250 g/mol. The topological polar surface area (TPSA) is 72.4 Å². The third-order valence-corrected chi connectivity index (χ3v) is 4.09. The van der Waals surface area contributed by atoms with Crippen LogP contribution in [0.25, 0.3) is 0 Å². The number of hydrogen-bond acceptors (Lipinski definition) is 5. The summed E-state index contributed by atoms with van der Waals surface area (Å²) in [6.45, 7) is 3.08. The molecule has 0 saturated carbocycles. The van der Waals surface area contributed by atoms with Gasteiger partial charge >= 0.3 is 0 Å². The van der Waals surface area contributed by atoms with Crippen molar-refractivity contribution in [2.75, 3.05) is 12.3 Å². The number of aryl methyl sites for hydroxylation is 1. The first kappa shape index (κ1) is 11.3. The van der Waals surface area contributed by atoms with Crippen molar-refractivity contribution in [1.29, 1.82) is 0 Å². The van der Waals surface area contributed by atoms with E-state index in [-0.39, 0.29) is 11.9 Å².